The molecule has 0 bridgehead atoms. The van der Waals surface area contributed by atoms with Gasteiger partial charge < -0.3 is 4.74 Å². The van der Waals surface area contributed by atoms with Gasteiger partial charge in [-0.3, -0.25) is 9.80 Å². The van der Waals surface area contributed by atoms with Crippen LogP contribution in [0, 0.1) is 0 Å². The number of rotatable bonds is 4. The Morgan fingerprint density at radius 2 is 1.25 bits per heavy atom. The van der Waals surface area contributed by atoms with Crippen LogP contribution < -0.4 is 9.80 Å². The van der Waals surface area contributed by atoms with Crippen LogP contribution in [0.2, 0.25) is 0 Å². The predicted molar refractivity (Wildman–Crippen MR) is 110 cm³/mol. The number of esters is 1. The van der Waals surface area contributed by atoms with E-state index >= 15 is 0 Å². The highest BCUT2D eigenvalue weighted by atomic mass is 16.5. The molecule has 0 unspecified atom stereocenters. The molecule has 1 fully saturated rings. The fourth-order valence-electron chi connectivity index (χ4n) is 3.38. The molecule has 2 amide bonds. The lowest BCUT2D eigenvalue weighted by Crippen LogP contribution is -2.31. The van der Waals surface area contributed by atoms with Crippen LogP contribution in [0.3, 0.4) is 0 Å². The molecule has 5 heteroatoms. The van der Waals surface area contributed by atoms with Crippen molar-refractivity contribution in [2.24, 2.45) is 0 Å². The van der Waals surface area contributed by atoms with Gasteiger partial charge in [0.05, 0.1) is 12.7 Å². The van der Waals surface area contributed by atoms with Gasteiger partial charge in [-0.1, -0.05) is 42.5 Å². The molecule has 1 saturated heterocycles. The number of nitrogens with zero attached hydrogens (tertiary/aromatic N) is 2. The van der Waals surface area contributed by atoms with Crippen LogP contribution in [0.5, 0.6) is 0 Å². The van der Waals surface area contributed by atoms with Crippen LogP contribution in [-0.2, 0) is 4.74 Å². The standard InChI is InChI=1S/C23H20N2O3/c1-28-22(26)19-9-13-21(14-10-19)25-16-15-24(23(25)27)20-11-7-18(8-12-20)17-5-3-2-4-6-17/h2-14H,15-16H2,1H3. The lowest BCUT2D eigenvalue weighted by molar-refractivity contribution is 0.0600. The first kappa shape index (κ1) is 17.8. The van der Waals surface area contributed by atoms with E-state index in [2.05, 4.69) is 12.1 Å². The maximum Gasteiger partial charge on any atom is 0.337 e. The van der Waals surface area contributed by atoms with Gasteiger partial charge in [-0.25, -0.2) is 9.59 Å². The van der Waals surface area contributed by atoms with E-state index in [0.29, 0.717) is 18.7 Å². The molecular formula is C23H20N2O3. The Bertz CT molecular complexity index is 983. The molecule has 1 aliphatic heterocycles. The number of urea groups is 1. The molecule has 0 spiro atoms. The van der Waals surface area contributed by atoms with Crippen molar-refractivity contribution in [1.82, 2.24) is 0 Å². The van der Waals surface area contributed by atoms with Gasteiger partial charge in [0, 0.05) is 24.5 Å². The lowest BCUT2D eigenvalue weighted by Gasteiger charge is -2.19. The van der Waals surface area contributed by atoms with Crippen LogP contribution >= 0.6 is 0 Å². The molecule has 3 aromatic rings. The van der Waals surface area contributed by atoms with Crippen LogP contribution in [0.15, 0.2) is 78.9 Å². The second kappa shape index (κ2) is 7.56. The summed E-state index contributed by atoms with van der Waals surface area (Å²) in [5, 5.41) is 0. The quantitative estimate of drug-likeness (QED) is 0.630. The molecule has 0 N–H and O–H groups in total. The first-order chi connectivity index (χ1) is 13.7. The maximum absolute atomic E-state index is 12.9. The molecule has 1 aliphatic rings. The number of hydrogen-bond donors (Lipinski definition) is 0. The summed E-state index contributed by atoms with van der Waals surface area (Å²) in [6.45, 7) is 1.21. The highest BCUT2D eigenvalue weighted by Crippen LogP contribution is 2.28. The first-order valence-electron chi connectivity index (χ1n) is 9.10. The van der Waals surface area contributed by atoms with E-state index in [4.69, 9.17) is 4.74 Å². The van der Waals surface area contributed by atoms with Crippen molar-refractivity contribution >= 4 is 23.4 Å². The summed E-state index contributed by atoms with van der Waals surface area (Å²) in [6, 6.07) is 25.0. The van der Waals surface area contributed by atoms with Gasteiger partial charge in [0.15, 0.2) is 0 Å². The summed E-state index contributed by atoms with van der Waals surface area (Å²) in [6.07, 6.45) is 0. The average molecular weight is 372 g/mol. The minimum Gasteiger partial charge on any atom is -0.465 e. The van der Waals surface area contributed by atoms with E-state index in [1.165, 1.54) is 7.11 Å². The third-order valence-corrected chi connectivity index (χ3v) is 4.90. The van der Waals surface area contributed by atoms with E-state index in [0.717, 1.165) is 22.5 Å². The van der Waals surface area contributed by atoms with E-state index in [1.54, 1.807) is 34.1 Å². The van der Waals surface area contributed by atoms with E-state index in [1.807, 2.05) is 42.5 Å². The minimum absolute atomic E-state index is 0.0710. The van der Waals surface area contributed by atoms with Crippen LogP contribution in [-0.4, -0.2) is 32.2 Å². The topological polar surface area (TPSA) is 49.9 Å². The van der Waals surface area contributed by atoms with Crippen molar-refractivity contribution in [3.63, 3.8) is 0 Å². The second-order valence-electron chi connectivity index (χ2n) is 6.54. The molecule has 28 heavy (non-hydrogen) atoms. The van der Waals surface area contributed by atoms with E-state index < -0.39 is 0 Å². The smallest absolute Gasteiger partial charge is 0.337 e. The van der Waals surface area contributed by atoms with Gasteiger partial charge >= 0.3 is 12.0 Å². The number of amides is 2. The molecule has 0 atom stereocenters. The number of benzene rings is 3. The Balaban J connectivity index is 1.50. The normalized spacial score (nSPS) is 13.7. The molecule has 140 valence electrons. The Labute approximate surface area is 163 Å². The van der Waals surface area contributed by atoms with E-state index in [9.17, 15) is 9.59 Å². The first-order valence-corrected chi connectivity index (χ1v) is 9.10. The fourth-order valence-corrected chi connectivity index (χ4v) is 3.38. The predicted octanol–water partition coefficient (Wildman–Crippen LogP) is 4.59. The van der Waals surface area contributed by atoms with Gasteiger partial charge in [0.2, 0.25) is 0 Å². The molecule has 0 radical (unpaired) electrons. The van der Waals surface area contributed by atoms with Gasteiger partial charge in [0.1, 0.15) is 0 Å². The number of hydrogen-bond acceptors (Lipinski definition) is 3. The summed E-state index contributed by atoms with van der Waals surface area (Å²) in [4.78, 5) is 27.9. The number of methoxy groups -OCH3 is 1. The summed E-state index contributed by atoms with van der Waals surface area (Å²) in [7, 11) is 1.35. The van der Waals surface area contributed by atoms with Crippen molar-refractivity contribution in [2.45, 2.75) is 0 Å². The molecular weight excluding hydrogens is 352 g/mol. The third-order valence-electron chi connectivity index (χ3n) is 4.90. The molecule has 0 saturated carbocycles. The number of carbonyl (C=O) groups excluding carboxylic acids is 2. The monoisotopic (exact) mass is 372 g/mol. The van der Waals surface area contributed by atoms with Crippen LogP contribution in [0.1, 0.15) is 10.4 Å². The van der Waals surface area contributed by atoms with Crippen molar-refractivity contribution in [2.75, 3.05) is 30.0 Å². The zero-order valence-corrected chi connectivity index (χ0v) is 15.5. The Kier molecular flexibility index (Phi) is 4.81. The number of ether oxygens (including phenoxy) is 1. The minimum atomic E-state index is -0.389. The second-order valence-corrected chi connectivity index (χ2v) is 6.54. The summed E-state index contributed by atoms with van der Waals surface area (Å²) < 4.78 is 4.71. The Morgan fingerprint density at radius 3 is 1.79 bits per heavy atom. The molecule has 1 heterocycles. The average Bonchev–Trinajstić information content (AvgIpc) is 3.15. The molecule has 0 aliphatic carbocycles. The highest BCUT2D eigenvalue weighted by molar-refractivity contribution is 6.06. The molecule has 5 nitrogen and oxygen atoms in total. The highest BCUT2D eigenvalue weighted by Gasteiger charge is 2.30. The van der Waals surface area contributed by atoms with Crippen molar-refractivity contribution in [3.05, 3.63) is 84.4 Å². The summed E-state index contributed by atoms with van der Waals surface area (Å²) in [5.74, 6) is -0.389. The van der Waals surface area contributed by atoms with Gasteiger partial charge in [-0.15, -0.1) is 0 Å². The Morgan fingerprint density at radius 1 is 0.750 bits per heavy atom. The van der Waals surface area contributed by atoms with Crippen molar-refractivity contribution in [3.8, 4) is 11.1 Å². The molecule has 3 aromatic carbocycles. The zero-order valence-electron chi connectivity index (χ0n) is 15.5. The third kappa shape index (κ3) is 3.34. The summed E-state index contributed by atoms with van der Waals surface area (Å²) in [5.41, 5.74) is 4.37. The number of carbonyl (C=O) groups is 2. The van der Waals surface area contributed by atoms with Crippen molar-refractivity contribution < 1.29 is 14.3 Å². The van der Waals surface area contributed by atoms with Crippen LogP contribution in [0.25, 0.3) is 11.1 Å². The molecule has 4 rings (SSSR count). The maximum atomic E-state index is 12.9. The van der Waals surface area contributed by atoms with Crippen molar-refractivity contribution in [1.29, 1.82) is 0 Å². The zero-order chi connectivity index (χ0) is 19.5. The lowest BCUT2D eigenvalue weighted by atomic mass is 10.1. The number of anilines is 2. The summed E-state index contributed by atoms with van der Waals surface area (Å²) >= 11 is 0. The fraction of sp³-hybridized carbons (Fsp3) is 0.130. The van der Waals surface area contributed by atoms with E-state index in [-0.39, 0.29) is 12.0 Å². The van der Waals surface area contributed by atoms with Gasteiger partial charge in [0.25, 0.3) is 0 Å². The largest absolute Gasteiger partial charge is 0.465 e. The SMILES string of the molecule is COC(=O)c1ccc(N2CCN(c3ccc(-c4ccccc4)cc3)C2=O)cc1. The molecule has 0 aromatic heterocycles. The van der Waals surface area contributed by atoms with Gasteiger partial charge in [-0.05, 0) is 47.5 Å². The Hall–Kier alpha value is -3.60. The van der Waals surface area contributed by atoms with Gasteiger partial charge in [-0.2, -0.15) is 0 Å². The van der Waals surface area contributed by atoms with Crippen LogP contribution in [0.4, 0.5) is 16.2 Å².